The minimum Gasteiger partial charge on any atom is -0.379 e. The van der Waals surface area contributed by atoms with E-state index in [1.54, 1.807) is 19.2 Å². The van der Waals surface area contributed by atoms with E-state index in [1.807, 2.05) is 24.3 Å². The van der Waals surface area contributed by atoms with Crippen LogP contribution in [0.1, 0.15) is 21.5 Å². The number of halogens is 2. The topological polar surface area (TPSA) is 32.8 Å². The van der Waals surface area contributed by atoms with Crippen molar-refractivity contribution in [1.82, 2.24) is 9.80 Å². The Labute approximate surface area is 158 Å². The third kappa shape index (κ3) is 4.61. The first kappa shape index (κ1) is 18.8. The van der Waals surface area contributed by atoms with E-state index in [0.29, 0.717) is 16.1 Å². The summed E-state index contributed by atoms with van der Waals surface area (Å²) in [6.45, 7) is 4.35. The zero-order chi connectivity index (χ0) is 18.5. The van der Waals surface area contributed by atoms with Gasteiger partial charge in [-0.25, -0.2) is 4.39 Å². The van der Waals surface area contributed by atoms with Crippen molar-refractivity contribution in [2.45, 2.75) is 13.1 Å². The standard InChI is InChI=1S/C20H22ClFN2O2/c1-23(14-17-18(21)3-2-4-19(17)22)20(25)16-7-5-15(6-8-16)13-24-9-11-26-12-10-24/h2-8H,9-14H2,1H3. The summed E-state index contributed by atoms with van der Waals surface area (Å²) in [5, 5.41) is 0.325. The normalized spacial score (nSPS) is 15.0. The second-order valence-corrected chi connectivity index (χ2v) is 6.85. The molecule has 0 aromatic heterocycles. The molecule has 1 heterocycles. The molecule has 26 heavy (non-hydrogen) atoms. The highest BCUT2D eigenvalue weighted by molar-refractivity contribution is 6.31. The number of morpholine rings is 1. The lowest BCUT2D eigenvalue weighted by atomic mass is 10.1. The second-order valence-electron chi connectivity index (χ2n) is 6.45. The summed E-state index contributed by atoms with van der Waals surface area (Å²) in [5.74, 6) is -0.569. The molecule has 1 fully saturated rings. The molecule has 4 nitrogen and oxygen atoms in total. The number of ether oxygens (including phenoxy) is 1. The van der Waals surface area contributed by atoms with Gasteiger partial charge in [-0.05, 0) is 29.8 Å². The predicted octanol–water partition coefficient (Wildman–Crippen LogP) is 3.58. The molecule has 2 aromatic carbocycles. The fraction of sp³-hybridized carbons (Fsp3) is 0.350. The lowest BCUT2D eigenvalue weighted by Gasteiger charge is -2.26. The van der Waals surface area contributed by atoms with Crippen LogP contribution in [0.15, 0.2) is 42.5 Å². The van der Waals surface area contributed by atoms with Crippen molar-refractivity contribution >= 4 is 17.5 Å². The number of hydrogen-bond donors (Lipinski definition) is 0. The van der Waals surface area contributed by atoms with Gasteiger partial charge in [0.2, 0.25) is 0 Å². The number of amides is 1. The molecule has 1 aliphatic heterocycles. The average molecular weight is 377 g/mol. The van der Waals surface area contributed by atoms with E-state index in [0.717, 1.165) is 38.4 Å². The van der Waals surface area contributed by atoms with Crippen LogP contribution in [0.4, 0.5) is 4.39 Å². The molecule has 138 valence electrons. The zero-order valence-electron chi connectivity index (χ0n) is 14.8. The van der Waals surface area contributed by atoms with E-state index in [-0.39, 0.29) is 12.5 Å². The summed E-state index contributed by atoms with van der Waals surface area (Å²) in [7, 11) is 1.65. The first-order chi connectivity index (χ1) is 12.5. The van der Waals surface area contributed by atoms with Gasteiger partial charge in [0.25, 0.3) is 5.91 Å². The number of rotatable bonds is 5. The summed E-state index contributed by atoms with van der Waals surface area (Å²) in [6, 6.07) is 12.1. The number of carbonyl (C=O) groups excluding carboxylic acids is 1. The molecule has 0 spiro atoms. The minimum atomic E-state index is -0.405. The Balaban J connectivity index is 1.63. The number of carbonyl (C=O) groups is 1. The smallest absolute Gasteiger partial charge is 0.253 e. The summed E-state index contributed by atoms with van der Waals surface area (Å²) in [4.78, 5) is 16.4. The van der Waals surface area contributed by atoms with Crippen LogP contribution >= 0.6 is 11.6 Å². The Morgan fingerprint density at radius 3 is 2.54 bits per heavy atom. The van der Waals surface area contributed by atoms with Crippen molar-refractivity contribution in [1.29, 1.82) is 0 Å². The van der Waals surface area contributed by atoms with Crippen LogP contribution in [-0.4, -0.2) is 49.1 Å². The van der Waals surface area contributed by atoms with Gasteiger partial charge < -0.3 is 9.64 Å². The fourth-order valence-corrected chi connectivity index (χ4v) is 3.21. The van der Waals surface area contributed by atoms with Gasteiger partial charge >= 0.3 is 0 Å². The molecule has 0 N–H and O–H groups in total. The summed E-state index contributed by atoms with van der Waals surface area (Å²) in [6.07, 6.45) is 0. The quantitative estimate of drug-likeness (QED) is 0.799. The molecular formula is C20H22ClFN2O2. The van der Waals surface area contributed by atoms with Crippen molar-refractivity contribution in [3.05, 3.63) is 70.0 Å². The summed E-state index contributed by atoms with van der Waals surface area (Å²) < 4.78 is 19.3. The van der Waals surface area contributed by atoms with Gasteiger partial charge in [0.15, 0.2) is 0 Å². The van der Waals surface area contributed by atoms with Crippen molar-refractivity contribution in [2.75, 3.05) is 33.4 Å². The van der Waals surface area contributed by atoms with Gasteiger partial charge in [-0.3, -0.25) is 9.69 Å². The lowest BCUT2D eigenvalue weighted by Crippen LogP contribution is -2.35. The molecule has 1 aliphatic rings. The van der Waals surface area contributed by atoms with Crippen LogP contribution < -0.4 is 0 Å². The van der Waals surface area contributed by atoms with Crippen LogP contribution in [0.2, 0.25) is 5.02 Å². The Kier molecular flexibility index (Phi) is 6.25. The minimum absolute atomic E-state index is 0.125. The molecule has 0 unspecified atom stereocenters. The fourth-order valence-electron chi connectivity index (χ4n) is 2.98. The molecule has 0 radical (unpaired) electrons. The Morgan fingerprint density at radius 1 is 1.19 bits per heavy atom. The van der Waals surface area contributed by atoms with Crippen LogP contribution in [0, 0.1) is 5.82 Å². The zero-order valence-corrected chi connectivity index (χ0v) is 15.5. The maximum absolute atomic E-state index is 13.9. The molecule has 2 aromatic rings. The highest BCUT2D eigenvalue weighted by Crippen LogP contribution is 2.21. The van der Waals surface area contributed by atoms with Crippen molar-refractivity contribution < 1.29 is 13.9 Å². The number of hydrogen-bond acceptors (Lipinski definition) is 3. The Bertz CT molecular complexity index is 741. The van der Waals surface area contributed by atoms with E-state index in [4.69, 9.17) is 16.3 Å². The lowest BCUT2D eigenvalue weighted by molar-refractivity contribution is 0.0342. The van der Waals surface area contributed by atoms with E-state index >= 15 is 0 Å². The first-order valence-corrected chi connectivity index (χ1v) is 9.00. The highest BCUT2D eigenvalue weighted by atomic mass is 35.5. The van der Waals surface area contributed by atoms with Crippen molar-refractivity contribution in [3.8, 4) is 0 Å². The predicted molar refractivity (Wildman–Crippen MR) is 99.7 cm³/mol. The molecule has 0 saturated carbocycles. The first-order valence-electron chi connectivity index (χ1n) is 8.62. The third-order valence-electron chi connectivity index (χ3n) is 4.51. The number of benzene rings is 2. The molecular weight excluding hydrogens is 355 g/mol. The van der Waals surface area contributed by atoms with Gasteiger partial charge in [-0.15, -0.1) is 0 Å². The van der Waals surface area contributed by atoms with Crippen molar-refractivity contribution in [2.24, 2.45) is 0 Å². The van der Waals surface area contributed by atoms with E-state index in [1.165, 1.54) is 11.0 Å². The third-order valence-corrected chi connectivity index (χ3v) is 4.87. The number of nitrogens with zero attached hydrogens (tertiary/aromatic N) is 2. The molecule has 1 amide bonds. The van der Waals surface area contributed by atoms with E-state index in [9.17, 15) is 9.18 Å². The summed E-state index contributed by atoms with van der Waals surface area (Å²) >= 11 is 6.05. The molecule has 0 aliphatic carbocycles. The maximum Gasteiger partial charge on any atom is 0.253 e. The second kappa shape index (κ2) is 8.62. The van der Waals surface area contributed by atoms with Crippen LogP contribution in [0.5, 0.6) is 0 Å². The molecule has 3 rings (SSSR count). The van der Waals surface area contributed by atoms with Crippen LogP contribution in [0.25, 0.3) is 0 Å². The average Bonchev–Trinajstić information content (AvgIpc) is 2.65. The Hall–Kier alpha value is -1.95. The largest absolute Gasteiger partial charge is 0.379 e. The van der Waals surface area contributed by atoms with Crippen LogP contribution in [0.3, 0.4) is 0 Å². The van der Waals surface area contributed by atoms with Gasteiger partial charge in [-0.2, -0.15) is 0 Å². The van der Waals surface area contributed by atoms with Crippen LogP contribution in [-0.2, 0) is 17.8 Å². The maximum atomic E-state index is 13.9. The van der Waals surface area contributed by atoms with Crippen molar-refractivity contribution in [3.63, 3.8) is 0 Å². The Morgan fingerprint density at radius 2 is 1.88 bits per heavy atom. The molecule has 6 heteroatoms. The van der Waals surface area contributed by atoms with E-state index < -0.39 is 5.82 Å². The molecule has 0 bridgehead atoms. The SMILES string of the molecule is CN(Cc1c(F)cccc1Cl)C(=O)c1ccc(CN2CCOCC2)cc1. The summed E-state index contributed by atoms with van der Waals surface area (Å²) in [5.41, 5.74) is 2.06. The van der Waals surface area contributed by atoms with Gasteiger partial charge in [0.1, 0.15) is 5.82 Å². The monoisotopic (exact) mass is 376 g/mol. The molecule has 0 atom stereocenters. The molecule has 1 saturated heterocycles. The van der Waals surface area contributed by atoms with Gasteiger partial charge in [0, 0.05) is 49.4 Å². The highest BCUT2D eigenvalue weighted by Gasteiger charge is 2.16. The van der Waals surface area contributed by atoms with Gasteiger partial charge in [0.05, 0.1) is 13.2 Å². The van der Waals surface area contributed by atoms with Gasteiger partial charge in [-0.1, -0.05) is 29.8 Å². The van der Waals surface area contributed by atoms with E-state index in [2.05, 4.69) is 4.90 Å².